The van der Waals surface area contributed by atoms with Crippen molar-refractivity contribution in [3.05, 3.63) is 89.6 Å². The summed E-state index contributed by atoms with van der Waals surface area (Å²) >= 11 is 0. The number of nitrogens with one attached hydrogen (secondary N) is 1. The van der Waals surface area contributed by atoms with Gasteiger partial charge in [-0.25, -0.2) is 0 Å². The molecule has 0 aliphatic carbocycles. The highest BCUT2D eigenvalue weighted by molar-refractivity contribution is 6.11. The van der Waals surface area contributed by atoms with Gasteiger partial charge in [-0.2, -0.15) is 0 Å². The molecule has 0 spiro atoms. The van der Waals surface area contributed by atoms with Gasteiger partial charge < -0.3 is 24.6 Å². The largest absolute Gasteiger partial charge is 0.493 e. The highest BCUT2D eigenvalue weighted by Gasteiger charge is 2.18. The minimum Gasteiger partial charge on any atom is -0.493 e. The number of fused-ring (bicyclic) bond motifs is 1. The van der Waals surface area contributed by atoms with Crippen LogP contribution in [0.2, 0.25) is 0 Å². The van der Waals surface area contributed by atoms with Crippen LogP contribution < -0.4 is 19.5 Å². The first-order valence-electron chi connectivity index (χ1n) is 12.4. The van der Waals surface area contributed by atoms with Crippen LogP contribution >= 0.6 is 0 Å². The Morgan fingerprint density at radius 2 is 1.76 bits per heavy atom. The number of carbonyl (C=O) groups excluding carboxylic acids is 1. The second-order valence-electron chi connectivity index (χ2n) is 8.66. The fourth-order valence-electron chi connectivity index (χ4n) is 4.00. The average Bonchev–Trinajstić information content (AvgIpc) is 2.93. The van der Waals surface area contributed by atoms with Crippen LogP contribution in [0.5, 0.6) is 23.0 Å². The first-order chi connectivity index (χ1) is 18.1. The Morgan fingerprint density at radius 1 is 0.919 bits per heavy atom. The number of methoxy groups -OCH3 is 1. The van der Waals surface area contributed by atoms with Gasteiger partial charge in [0.1, 0.15) is 11.5 Å². The van der Waals surface area contributed by atoms with Gasteiger partial charge in [-0.05, 0) is 50.6 Å². The molecular weight excluding hydrogens is 468 g/mol. The number of nitrogens with zero attached hydrogens (tertiary/aromatic N) is 1. The Kier molecular flexibility index (Phi) is 9.08. The molecule has 4 rings (SSSR count). The van der Waals surface area contributed by atoms with E-state index in [9.17, 15) is 4.79 Å². The van der Waals surface area contributed by atoms with Gasteiger partial charge in [-0.3, -0.25) is 9.78 Å². The standard InChI is InChI=1S/C30H32N2O5/c1-21-10-11-26(24(18-21)30(34)22-8-4-3-5-9-22)37-27-12-14-32-25-20-29(28(35-2)19-23(25)27)36-17-7-6-13-31-15-16-33/h3-5,8-12,14,18-20,31,33H,6-7,13,15-17H2,1-2H3. The lowest BCUT2D eigenvalue weighted by atomic mass is 10.0. The fourth-order valence-corrected chi connectivity index (χ4v) is 4.00. The number of pyridine rings is 1. The highest BCUT2D eigenvalue weighted by atomic mass is 16.5. The van der Waals surface area contributed by atoms with E-state index in [2.05, 4.69) is 10.3 Å². The fraction of sp³-hybridized carbons (Fsp3) is 0.267. The number of carbonyl (C=O) groups is 1. The van der Waals surface area contributed by atoms with Gasteiger partial charge in [0, 0.05) is 29.8 Å². The normalized spacial score (nSPS) is 10.9. The van der Waals surface area contributed by atoms with E-state index in [0.29, 0.717) is 52.8 Å². The number of ketones is 1. The second kappa shape index (κ2) is 12.9. The molecule has 0 atom stereocenters. The number of aryl methyl sites for hydroxylation is 1. The van der Waals surface area contributed by atoms with Gasteiger partial charge in [0.25, 0.3) is 0 Å². The SMILES string of the molecule is COc1cc2c(Oc3ccc(C)cc3C(=O)c3ccccc3)ccnc2cc1OCCCCNCCO. The Morgan fingerprint density at radius 3 is 2.54 bits per heavy atom. The van der Waals surface area contributed by atoms with Gasteiger partial charge in [-0.15, -0.1) is 0 Å². The lowest BCUT2D eigenvalue weighted by molar-refractivity contribution is 0.103. The predicted molar refractivity (Wildman–Crippen MR) is 144 cm³/mol. The molecule has 3 aromatic carbocycles. The summed E-state index contributed by atoms with van der Waals surface area (Å²) in [5, 5.41) is 12.7. The minimum atomic E-state index is -0.0995. The molecule has 0 bridgehead atoms. The second-order valence-corrected chi connectivity index (χ2v) is 8.66. The Labute approximate surface area is 217 Å². The molecule has 192 valence electrons. The molecule has 0 aliphatic heterocycles. The summed E-state index contributed by atoms with van der Waals surface area (Å²) in [6.07, 6.45) is 3.47. The van der Waals surface area contributed by atoms with Gasteiger partial charge in [0.2, 0.25) is 0 Å². The van der Waals surface area contributed by atoms with Gasteiger partial charge in [0.05, 0.1) is 31.4 Å². The van der Waals surface area contributed by atoms with Crippen LogP contribution in [-0.2, 0) is 0 Å². The summed E-state index contributed by atoms with van der Waals surface area (Å²) in [5.74, 6) is 2.13. The molecular formula is C30H32N2O5. The number of hydrogen-bond donors (Lipinski definition) is 2. The number of aromatic nitrogens is 1. The Bertz CT molecular complexity index is 1340. The van der Waals surface area contributed by atoms with E-state index in [1.165, 1.54) is 0 Å². The highest BCUT2D eigenvalue weighted by Crippen LogP contribution is 2.38. The van der Waals surface area contributed by atoms with E-state index >= 15 is 0 Å². The van der Waals surface area contributed by atoms with Crippen molar-refractivity contribution in [1.29, 1.82) is 0 Å². The van der Waals surface area contributed by atoms with E-state index in [-0.39, 0.29) is 12.4 Å². The molecule has 0 fully saturated rings. The van der Waals surface area contributed by atoms with Gasteiger partial charge in [-0.1, -0.05) is 42.0 Å². The van der Waals surface area contributed by atoms with Crippen LogP contribution in [0, 0.1) is 6.92 Å². The van der Waals surface area contributed by atoms with Crippen molar-refractivity contribution in [2.45, 2.75) is 19.8 Å². The molecule has 2 N–H and O–H groups in total. The van der Waals surface area contributed by atoms with Crippen molar-refractivity contribution in [1.82, 2.24) is 10.3 Å². The maximum absolute atomic E-state index is 13.3. The summed E-state index contributed by atoms with van der Waals surface area (Å²) in [7, 11) is 1.60. The molecule has 4 aromatic rings. The van der Waals surface area contributed by atoms with Crippen LogP contribution in [-0.4, -0.2) is 49.3 Å². The smallest absolute Gasteiger partial charge is 0.196 e. The third-order valence-corrected chi connectivity index (χ3v) is 5.92. The molecule has 0 saturated carbocycles. The molecule has 0 radical (unpaired) electrons. The summed E-state index contributed by atoms with van der Waals surface area (Å²) in [6, 6.07) is 20.2. The van der Waals surface area contributed by atoms with Crippen LogP contribution in [0.25, 0.3) is 10.9 Å². The molecule has 1 aromatic heterocycles. The van der Waals surface area contributed by atoms with E-state index in [0.717, 1.165) is 30.3 Å². The molecule has 7 heteroatoms. The molecule has 1 heterocycles. The number of aliphatic hydroxyl groups is 1. The van der Waals surface area contributed by atoms with Crippen LogP contribution in [0.15, 0.2) is 72.9 Å². The maximum Gasteiger partial charge on any atom is 0.196 e. The van der Waals surface area contributed by atoms with Crippen molar-refractivity contribution in [2.24, 2.45) is 0 Å². The number of aliphatic hydroxyl groups excluding tert-OH is 1. The number of ether oxygens (including phenoxy) is 3. The monoisotopic (exact) mass is 500 g/mol. The van der Waals surface area contributed by atoms with Crippen molar-refractivity contribution in [3.8, 4) is 23.0 Å². The Balaban J connectivity index is 1.57. The van der Waals surface area contributed by atoms with E-state index in [1.54, 1.807) is 31.5 Å². The molecule has 0 aliphatic rings. The molecule has 7 nitrogen and oxygen atoms in total. The zero-order valence-electron chi connectivity index (χ0n) is 21.2. The van der Waals surface area contributed by atoms with Crippen LogP contribution in [0.4, 0.5) is 0 Å². The summed E-state index contributed by atoms with van der Waals surface area (Å²) in [5.41, 5.74) is 2.77. The Hall–Kier alpha value is -3.94. The number of rotatable bonds is 13. The molecule has 0 saturated heterocycles. The van der Waals surface area contributed by atoms with E-state index < -0.39 is 0 Å². The van der Waals surface area contributed by atoms with Crippen LogP contribution in [0.1, 0.15) is 34.3 Å². The van der Waals surface area contributed by atoms with E-state index in [1.807, 2.05) is 55.5 Å². The van der Waals surface area contributed by atoms with E-state index in [4.69, 9.17) is 19.3 Å². The quantitative estimate of drug-likeness (QED) is 0.190. The third kappa shape index (κ3) is 6.64. The maximum atomic E-state index is 13.3. The topological polar surface area (TPSA) is 89.9 Å². The lowest BCUT2D eigenvalue weighted by Crippen LogP contribution is -2.19. The third-order valence-electron chi connectivity index (χ3n) is 5.92. The zero-order chi connectivity index (χ0) is 26.0. The first-order valence-corrected chi connectivity index (χ1v) is 12.4. The van der Waals surface area contributed by atoms with Gasteiger partial charge in [0.15, 0.2) is 17.3 Å². The number of unbranched alkanes of at least 4 members (excludes halogenated alkanes) is 1. The lowest BCUT2D eigenvalue weighted by Gasteiger charge is -2.15. The summed E-state index contributed by atoms with van der Waals surface area (Å²) in [6.45, 7) is 4.05. The minimum absolute atomic E-state index is 0.0995. The average molecular weight is 501 g/mol. The summed E-state index contributed by atoms with van der Waals surface area (Å²) in [4.78, 5) is 17.8. The zero-order valence-corrected chi connectivity index (χ0v) is 21.2. The van der Waals surface area contributed by atoms with Crippen molar-refractivity contribution >= 4 is 16.7 Å². The first kappa shape index (κ1) is 26.1. The van der Waals surface area contributed by atoms with Crippen molar-refractivity contribution < 1.29 is 24.1 Å². The molecule has 0 amide bonds. The predicted octanol–water partition coefficient (Wildman–Crippen LogP) is 5.32. The number of benzene rings is 3. The van der Waals surface area contributed by atoms with Gasteiger partial charge >= 0.3 is 0 Å². The molecule has 37 heavy (non-hydrogen) atoms. The summed E-state index contributed by atoms with van der Waals surface area (Å²) < 4.78 is 17.9. The van der Waals surface area contributed by atoms with Crippen molar-refractivity contribution in [2.75, 3.05) is 33.4 Å². The number of hydrogen-bond acceptors (Lipinski definition) is 7. The van der Waals surface area contributed by atoms with Crippen molar-refractivity contribution in [3.63, 3.8) is 0 Å². The van der Waals surface area contributed by atoms with Crippen LogP contribution in [0.3, 0.4) is 0 Å². The molecule has 0 unspecified atom stereocenters.